The van der Waals surface area contributed by atoms with Gasteiger partial charge in [0, 0.05) is 5.69 Å². The summed E-state index contributed by atoms with van der Waals surface area (Å²) in [5.41, 5.74) is 2.32. The summed E-state index contributed by atoms with van der Waals surface area (Å²) >= 11 is 0. The van der Waals surface area contributed by atoms with Gasteiger partial charge in [0.2, 0.25) is 0 Å². The Morgan fingerprint density at radius 2 is 1.82 bits per heavy atom. The molecule has 0 atom stereocenters. The highest BCUT2D eigenvalue weighted by Crippen LogP contribution is 2.13. The molecule has 0 unspecified atom stereocenters. The second-order valence-corrected chi connectivity index (χ2v) is 4.58. The molecule has 22 heavy (non-hydrogen) atoms. The molecule has 3 rings (SSSR count). The SMILES string of the molecule is C/C(=N\n1nnnc1Nc1ccccc1)c1ccc(F)cc1. The smallest absolute Gasteiger partial charge is 0.269 e. The van der Waals surface area contributed by atoms with Crippen molar-refractivity contribution in [3.63, 3.8) is 0 Å². The Morgan fingerprint density at radius 1 is 1.09 bits per heavy atom. The summed E-state index contributed by atoms with van der Waals surface area (Å²) in [6, 6.07) is 15.6. The number of para-hydroxylation sites is 1. The zero-order valence-electron chi connectivity index (χ0n) is 11.8. The van der Waals surface area contributed by atoms with Crippen LogP contribution in [-0.4, -0.2) is 26.0 Å². The number of benzene rings is 2. The number of hydrogen-bond acceptors (Lipinski definition) is 5. The molecule has 0 aliphatic heterocycles. The van der Waals surface area contributed by atoms with Gasteiger partial charge in [-0.3, -0.25) is 0 Å². The van der Waals surface area contributed by atoms with E-state index in [9.17, 15) is 4.39 Å². The molecule has 0 amide bonds. The summed E-state index contributed by atoms with van der Waals surface area (Å²) in [5, 5.41) is 18.7. The third-order valence-corrected chi connectivity index (χ3v) is 2.99. The van der Waals surface area contributed by atoms with Crippen molar-refractivity contribution in [1.82, 2.24) is 20.3 Å². The van der Waals surface area contributed by atoms with Crippen LogP contribution in [0.1, 0.15) is 12.5 Å². The zero-order valence-corrected chi connectivity index (χ0v) is 11.8. The number of nitrogens with one attached hydrogen (secondary N) is 1. The Balaban J connectivity index is 1.85. The highest BCUT2D eigenvalue weighted by atomic mass is 19.1. The van der Waals surface area contributed by atoms with E-state index >= 15 is 0 Å². The molecular weight excluding hydrogens is 283 g/mol. The van der Waals surface area contributed by atoms with Crippen LogP contribution in [0.5, 0.6) is 0 Å². The van der Waals surface area contributed by atoms with E-state index in [0.717, 1.165) is 11.3 Å². The van der Waals surface area contributed by atoms with E-state index in [-0.39, 0.29) is 5.82 Å². The minimum atomic E-state index is -0.287. The first kappa shape index (κ1) is 13.9. The Hall–Kier alpha value is -3.09. The average Bonchev–Trinajstić information content (AvgIpc) is 2.96. The molecule has 7 heteroatoms. The number of hydrogen-bond donors (Lipinski definition) is 1. The van der Waals surface area contributed by atoms with E-state index in [2.05, 4.69) is 25.9 Å². The third kappa shape index (κ3) is 3.14. The van der Waals surface area contributed by atoms with Gasteiger partial charge in [0.05, 0.1) is 5.71 Å². The van der Waals surface area contributed by atoms with Crippen LogP contribution in [0.15, 0.2) is 59.7 Å². The standard InChI is InChI=1S/C15H13FN6/c1-11(12-7-9-13(16)10-8-12)19-22-15(18-20-21-22)17-14-5-3-2-4-6-14/h2-10H,1H3,(H,17,18,21)/b19-11+. The van der Waals surface area contributed by atoms with Gasteiger partial charge < -0.3 is 5.32 Å². The van der Waals surface area contributed by atoms with Gasteiger partial charge in [0.25, 0.3) is 5.95 Å². The van der Waals surface area contributed by atoms with Crippen LogP contribution in [0.3, 0.4) is 0 Å². The lowest BCUT2D eigenvalue weighted by Gasteiger charge is -2.04. The second-order valence-electron chi connectivity index (χ2n) is 4.58. The van der Waals surface area contributed by atoms with Gasteiger partial charge >= 0.3 is 0 Å². The maximum atomic E-state index is 12.9. The maximum Gasteiger partial charge on any atom is 0.269 e. The Labute approximate surface area is 126 Å². The summed E-state index contributed by atoms with van der Waals surface area (Å²) in [6.45, 7) is 1.81. The van der Waals surface area contributed by atoms with Crippen LogP contribution in [-0.2, 0) is 0 Å². The summed E-state index contributed by atoms with van der Waals surface area (Å²) < 4.78 is 12.9. The summed E-state index contributed by atoms with van der Waals surface area (Å²) in [4.78, 5) is 1.30. The van der Waals surface area contributed by atoms with E-state index in [4.69, 9.17) is 0 Å². The molecular formula is C15H13FN6. The van der Waals surface area contributed by atoms with E-state index in [1.807, 2.05) is 30.3 Å². The zero-order chi connectivity index (χ0) is 15.4. The van der Waals surface area contributed by atoms with Crippen molar-refractivity contribution in [1.29, 1.82) is 0 Å². The summed E-state index contributed by atoms with van der Waals surface area (Å²) in [7, 11) is 0. The van der Waals surface area contributed by atoms with Crippen molar-refractivity contribution < 1.29 is 4.39 Å². The van der Waals surface area contributed by atoms with Gasteiger partial charge in [-0.1, -0.05) is 40.2 Å². The molecule has 1 aromatic heterocycles. The third-order valence-electron chi connectivity index (χ3n) is 2.99. The van der Waals surface area contributed by atoms with Crippen LogP contribution in [0.4, 0.5) is 16.0 Å². The average molecular weight is 296 g/mol. The van der Waals surface area contributed by atoms with Crippen LogP contribution in [0.25, 0.3) is 0 Å². The Kier molecular flexibility index (Phi) is 3.86. The molecule has 0 fully saturated rings. The molecule has 0 saturated carbocycles. The Morgan fingerprint density at radius 3 is 2.55 bits per heavy atom. The predicted molar refractivity (Wildman–Crippen MR) is 81.6 cm³/mol. The number of tetrazole rings is 1. The molecule has 6 nitrogen and oxygen atoms in total. The van der Waals surface area contributed by atoms with E-state index < -0.39 is 0 Å². The van der Waals surface area contributed by atoms with Gasteiger partial charge in [0.15, 0.2) is 0 Å². The largest absolute Gasteiger partial charge is 0.321 e. The van der Waals surface area contributed by atoms with E-state index in [0.29, 0.717) is 11.7 Å². The van der Waals surface area contributed by atoms with E-state index in [1.54, 1.807) is 19.1 Å². The fourth-order valence-corrected chi connectivity index (χ4v) is 1.87. The first-order valence-electron chi connectivity index (χ1n) is 6.64. The van der Waals surface area contributed by atoms with Gasteiger partial charge in [-0.15, -0.1) is 0 Å². The van der Waals surface area contributed by atoms with Crippen molar-refractivity contribution in [3.8, 4) is 0 Å². The molecule has 110 valence electrons. The number of nitrogens with zero attached hydrogens (tertiary/aromatic N) is 5. The highest BCUT2D eigenvalue weighted by Gasteiger charge is 2.06. The minimum Gasteiger partial charge on any atom is -0.321 e. The lowest BCUT2D eigenvalue weighted by atomic mass is 10.1. The van der Waals surface area contributed by atoms with Gasteiger partial charge in [-0.25, -0.2) is 4.39 Å². The van der Waals surface area contributed by atoms with Crippen LogP contribution < -0.4 is 5.32 Å². The Bertz CT molecular complexity index is 779. The topological polar surface area (TPSA) is 68.0 Å². The maximum absolute atomic E-state index is 12.9. The number of anilines is 2. The quantitative estimate of drug-likeness (QED) is 0.752. The summed E-state index contributed by atoms with van der Waals surface area (Å²) in [5.74, 6) is 0.109. The van der Waals surface area contributed by atoms with E-state index in [1.165, 1.54) is 16.9 Å². The van der Waals surface area contributed by atoms with Gasteiger partial charge in [-0.2, -0.15) is 5.10 Å². The van der Waals surface area contributed by atoms with Crippen LogP contribution >= 0.6 is 0 Å². The first-order chi connectivity index (χ1) is 10.7. The minimum absolute atomic E-state index is 0.287. The second kappa shape index (κ2) is 6.13. The predicted octanol–water partition coefficient (Wildman–Crippen LogP) is 2.83. The number of halogens is 1. The molecule has 2 aromatic carbocycles. The molecule has 0 radical (unpaired) electrons. The monoisotopic (exact) mass is 296 g/mol. The normalized spacial score (nSPS) is 11.5. The van der Waals surface area contributed by atoms with Crippen molar-refractivity contribution in [2.45, 2.75) is 6.92 Å². The van der Waals surface area contributed by atoms with Crippen molar-refractivity contribution >= 4 is 17.3 Å². The van der Waals surface area contributed by atoms with Gasteiger partial charge in [0.1, 0.15) is 5.82 Å². The lowest BCUT2D eigenvalue weighted by Crippen LogP contribution is -2.05. The van der Waals surface area contributed by atoms with Crippen molar-refractivity contribution in [3.05, 3.63) is 66.0 Å². The van der Waals surface area contributed by atoms with Crippen LogP contribution in [0.2, 0.25) is 0 Å². The highest BCUT2D eigenvalue weighted by molar-refractivity contribution is 5.98. The van der Waals surface area contributed by atoms with Gasteiger partial charge in [-0.05, 0) is 47.2 Å². The lowest BCUT2D eigenvalue weighted by molar-refractivity contribution is 0.627. The van der Waals surface area contributed by atoms with Crippen LogP contribution in [0, 0.1) is 5.82 Å². The number of aromatic nitrogens is 4. The van der Waals surface area contributed by atoms with Crippen molar-refractivity contribution in [2.24, 2.45) is 5.10 Å². The molecule has 0 aliphatic rings. The molecule has 0 spiro atoms. The van der Waals surface area contributed by atoms with Crippen molar-refractivity contribution in [2.75, 3.05) is 5.32 Å². The first-order valence-corrected chi connectivity index (χ1v) is 6.64. The number of rotatable bonds is 4. The molecule has 3 aromatic rings. The fraction of sp³-hybridized carbons (Fsp3) is 0.0667. The molecule has 0 aliphatic carbocycles. The molecule has 0 bridgehead atoms. The molecule has 0 saturated heterocycles. The molecule has 1 heterocycles. The molecule has 1 N–H and O–H groups in total. The fourth-order valence-electron chi connectivity index (χ4n) is 1.87. The summed E-state index contributed by atoms with van der Waals surface area (Å²) in [6.07, 6.45) is 0.